The topological polar surface area (TPSA) is 97.8 Å². The van der Waals surface area contributed by atoms with Crippen molar-refractivity contribution in [3.05, 3.63) is 16.5 Å². The Balaban J connectivity index is 1.91. The SMILES string of the molecule is NCc1cc(S(=O)(=O)NCCN2CCOCC2)c(Br)o1. The highest BCUT2D eigenvalue weighted by molar-refractivity contribution is 9.10. The van der Waals surface area contributed by atoms with Crippen LogP contribution in [0.15, 0.2) is 20.0 Å². The number of hydrogen-bond acceptors (Lipinski definition) is 6. The molecule has 20 heavy (non-hydrogen) atoms. The highest BCUT2D eigenvalue weighted by Gasteiger charge is 2.22. The quantitative estimate of drug-likeness (QED) is 0.740. The number of nitrogens with one attached hydrogen (secondary N) is 1. The minimum Gasteiger partial charge on any atom is -0.452 e. The van der Waals surface area contributed by atoms with Crippen LogP contribution in [0.25, 0.3) is 0 Å². The third-order valence-electron chi connectivity index (χ3n) is 3.02. The number of sulfonamides is 1. The molecule has 1 fully saturated rings. The molecule has 1 aliphatic rings. The summed E-state index contributed by atoms with van der Waals surface area (Å²) in [6.07, 6.45) is 0. The summed E-state index contributed by atoms with van der Waals surface area (Å²) in [6.45, 7) is 4.20. The molecule has 0 atom stereocenters. The van der Waals surface area contributed by atoms with E-state index >= 15 is 0 Å². The first-order chi connectivity index (χ1) is 9.53. The molecule has 3 N–H and O–H groups in total. The number of nitrogens with two attached hydrogens (primary N) is 1. The molecule has 2 rings (SSSR count). The number of ether oxygens (including phenoxy) is 1. The summed E-state index contributed by atoms with van der Waals surface area (Å²) in [6, 6.07) is 1.43. The first kappa shape index (κ1) is 15.9. The average molecular weight is 368 g/mol. The largest absolute Gasteiger partial charge is 0.452 e. The van der Waals surface area contributed by atoms with Gasteiger partial charge >= 0.3 is 0 Å². The van der Waals surface area contributed by atoms with Gasteiger partial charge in [0.2, 0.25) is 10.0 Å². The highest BCUT2D eigenvalue weighted by atomic mass is 79.9. The molecule has 0 amide bonds. The zero-order valence-corrected chi connectivity index (χ0v) is 13.4. The number of furan rings is 1. The van der Waals surface area contributed by atoms with Gasteiger partial charge in [0.1, 0.15) is 10.7 Å². The molecule has 1 saturated heterocycles. The lowest BCUT2D eigenvalue weighted by molar-refractivity contribution is 0.0390. The number of rotatable bonds is 6. The standard InChI is InChI=1S/C11H18BrN3O4S/c12-11-10(7-9(8-13)19-11)20(16,17)14-1-2-15-3-5-18-6-4-15/h7,14H,1-6,8,13H2. The third-order valence-corrected chi connectivity index (χ3v) is 5.34. The molecule has 1 aliphatic heterocycles. The maximum atomic E-state index is 12.1. The van der Waals surface area contributed by atoms with Crippen molar-refractivity contribution < 1.29 is 17.6 Å². The van der Waals surface area contributed by atoms with Crippen LogP contribution in [-0.4, -0.2) is 52.7 Å². The van der Waals surface area contributed by atoms with E-state index in [1.54, 1.807) is 0 Å². The molecule has 0 aromatic carbocycles. The van der Waals surface area contributed by atoms with Gasteiger partial charge in [0, 0.05) is 32.2 Å². The average Bonchev–Trinajstić information content (AvgIpc) is 2.82. The second-order valence-corrected chi connectivity index (χ2v) is 6.86. The minimum absolute atomic E-state index is 0.0833. The van der Waals surface area contributed by atoms with Crippen molar-refractivity contribution in [3.63, 3.8) is 0 Å². The van der Waals surface area contributed by atoms with Crippen molar-refractivity contribution in [2.75, 3.05) is 39.4 Å². The van der Waals surface area contributed by atoms with Gasteiger partial charge in [-0.3, -0.25) is 4.90 Å². The van der Waals surface area contributed by atoms with Crippen LogP contribution in [-0.2, 0) is 21.3 Å². The van der Waals surface area contributed by atoms with Gasteiger partial charge in [-0.1, -0.05) is 0 Å². The summed E-state index contributed by atoms with van der Waals surface area (Å²) < 4.78 is 37.4. The second-order valence-electron chi connectivity index (χ2n) is 4.41. The first-order valence-electron chi connectivity index (χ1n) is 6.31. The molecule has 7 nitrogen and oxygen atoms in total. The van der Waals surface area contributed by atoms with Crippen molar-refractivity contribution in [1.29, 1.82) is 0 Å². The predicted octanol–water partition coefficient (Wildman–Crippen LogP) is 0.111. The van der Waals surface area contributed by atoms with Crippen molar-refractivity contribution in [3.8, 4) is 0 Å². The summed E-state index contributed by atoms with van der Waals surface area (Å²) in [5.41, 5.74) is 5.42. The smallest absolute Gasteiger partial charge is 0.245 e. The molecule has 1 aromatic rings. The Labute approximate surface area is 126 Å². The Morgan fingerprint density at radius 1 is 1.40 bits per heavy atom. The van der Waals surface area contributed by atoms with Crippen LogP contribution in [0.1, 0.15) is 5.76 Å². The predicted molar refractivity (Wildman–Crippen MR) is 76.7 cm³/mol. The lowest BCUT2D eigenvalue weighted by Crippen LogP contribution is -2.41. The van der Waals surface area contributed by atoms with Crippen molar-refractivity contribution in [1.82, 2.24) is 9.62 Å². The van der Waals surface area contributed by atoms with Gasteiger partial charge in [-0.25, -0.2) is 13.1 Å². The van der Waals surface area contributed by atoms with Gasteiger partial charge in [-0.05, 0) is 15.9 Å². The molecule has 0 unspecified atom stereocenters. The van der Waals surface area contributed by atoms with Crippen molar-refractivity contribution in [2.24, 2.45) is 5.73 Å². The van der Waals surface area contributed by atoms with E-state index in [2.05, 4.69) is 25.6 Å². The van der Waals surface area contributed by atoms with E-state index in [1.165, 1.54) is 6.07 Å². The number of halogens is 1. The molecule has 2 heterocycles. The van der Waals surface area contributed by atoms with Gasteiger partial charge in [0.05, 0.1) is 19.8 Å². The Morgan fingerprint density at radius 3 is 2.70 bits per heavy atom. The van der Waals surface area contributed by atoms with Crippen LogP contribution in [0.5, 0.6) is 0 Å². The Morgan fingerprint density at radius 2 is 2.10 bits per heavy atom. The van der Waals surface area contributed by atoms with E-state index in [0.717, 1.165) is 13.1 Å². The molecule has 114 valence electrons. The minimum atomic E-state index is -3.59. The maximum absolute atomic E-state index is 12.1. The van der Waals surface area contributed by atoms with E-state index in [0.29, 0.717) is 32.1 Å². The number of hydrogen-bond donors (Lipinski definition) is 2. The van der Waals surface area contributed by atoms with E-state index in [1.807, 2.05) is 0 Å². The lowest BCUT2D eigenvalue weighted by atomic mass is 10.4. The molecule has 0 spiro atoms. The van der Waals surface area contributed by atoms with Gasteiger partial charge < -0.3 is 14.9 Å². The van der Waals surface area contributed by atoms with Crippen molar-refractivity contribution in [2.45, 2.75) is 11.4 Å². The fourth-order valence-corrected chi connectivity index (χ4v) is 3.94. The monoisotopic (exact) mass is 367 g/mol. The van der Waals surface area contributed by atoms with E-state index in [-0.39, 0.29) is 16.1 Å². The Hall–Kier alpha value is -0.450. The molecular formula is C11H18BrN3O4S. The summed E-state index contributed by atoms with van der Waals surface area (Å²) >= 11 is 3.09. The molecular weight excluding hydrogens is 350 g/mol. The molecule has 0 aliphatic carbocycles. The zero-order valence-electron chi connectivity index (χ0n) is 11.0. The maximum Gasteiger partial charge on any atom is 0.245 e. The van der Waals surface area contributed by atoms with Crippen LogP contribution >= 0.6 is 15.9 Å². The van der Waals surface area contributed by atoms with E-state index in [4.69, 9.17) is 14.9 Å². The molecule has 0 radical (unpaired) electrons. The fraction of sp³-hybridized carbons (Fsp3) is 0.636. The van der Waals surface area contributed by atoms with Gasteiger partial charge in [-0.2, -0.15) is 0 Å². The zero-order chi connectivity index (χ0) is 14.6. The Bertz CT molecular complexity index is 540. The van der Waals surface area contributed by atoms with Gasteiger partial charge in [0.15, 0.2) is 4.67 Å². The summed E-state index contributed by atoms with van der Waals surface area (Å²) in [4.78, 5) is 2.24. The molecule has 9 heteroatoms. The molecule has 0 saturated carbocycles. The molecule has 1 aromatic heterocycles. The Kier molecular flexibility index (Phi) is 5.58. The lowest BCUT2D eigenvalue weighted by Gasteiger charge is -2.26. The summed E-state index contributed by atoms with van der Waals surface area (Å²) in [7, 11) is -3.59. The van der Waals surface area contributed by atoms with Crippen LogP contribution < -0.4 is 10.5 Å². The van der Waals surface area contributed by atoms with Gasteiger partial charge in [-0.15, -0.1) is 0 Å². The van der Waals surface area contributed by atoms with Crippen LogP contribution in [0.3, 0.4) is 0 Å². The van der Waals surface area contributed by atoms with Crippen molar-refractivity contribution >= 4 is 26.0 Å². The van der Waals surface area contributed by atoms with Crippen LogP contribution in [0.2, 0.25) is 0 Å². The van der Waals surface area contributed by atoms with Crippen LogP contribution in [0, 0.1) is 0 Å². The van der Waals surface area contributed by atoms with E-state index < -0.39 is 10.0 Å². The van der Waals surface area contributed by atoms with Crippen LogP contribution in [0.4, 0.5) is 0 Å². The second kappa shape index (κ2) is 7.01. The first-order valence-corrected chi connectivity index (χ1v) is 8.58. The third kappa shape index (κ3) is 4.03. The normalized spacial score (nSPS) is 17.5. The fourth-order valence-electron chi connectivity index (χ4n) is 1.92. The van der Waals surface area contributed by atoms with E-state index in [9.17, 15) is 8.42 Å². The number of morpholine rings is 1. The van der Waals surface area contributed by atoms with Gasteiger partial charge in [0.25, 0.3) is 0 Å². The summed E-state index contributed by atoms with van der Waals surface area (Å²) in [5.74, 6) is 0.422. The summed E-state index contributed by atoms with van der Waals surface area (Å²) in [5, 5.41) is 0. The molecule has 0 bridgehead atoms. The number of nitrogens with zero attached hydrogens (tertiary/aromatic N) is 1. The highest BCUT2D eigenvalue weighted by Crippen LogP contribution is 2.25.